The summed E-state index contributed by atoms with van der Waals surface area (Å²) < 4.78 is 6.86. The van der Waals surface area contributed by atoms with Crippen molar-refractivity contribution in [3.63, 3.8) is 0 Å². The minimum Gasteiger partial charge on any atom is -0.465 e. The van der Waals surface area contributed by atoms with Gasteiger partial charge in [-0.2, -0.15) is 0 Å². The number of fused-ring (bicyclic) bond motifs is 5. The number of hydrogen-bond donors (Lipinski definition) is 0. The molecular weight excluding hydrogens is 372 g/mol. The van der Waals surface area contributed by atoms with Gasteiger partial charge in [0.2, 0.25) is 0 Å². The summed E-state index contributed by atoms with van der Waals surface area (Å²) in [6.07, 6.45) is 6.72. The highest BCUT2D eigenvalue weighted by molar-refractivity contribution is 8.00. The van der Waals surface area contributed by atoms with Crippen LogP contribution in [0.2, 0.25) is 0 Å². The molecule has 1 saturated carbocycles. The fourth-order valence-corrected chi connectivity index (χ4v) is 6.23. The smallest absolute Gasteiger partial charge is 0.321 e. The summed E-state index contributed by atoms with van der Waals surface area (Å²) >= 11 is 1.35. The highest BCUT2D eigenvalue weighted by Crippen LogP contribution is 2.49. The van der Waals surface area contributed by atoms with Gasteiger partial charge in [-0.25, -0.2) is 4.98 Å². The number of thioether (sulfide) groups is 1. The number of ether oxygens (including phenoxy) is 1. The van der Waals surface area contributed by atoms with Gasteiger partial charge in [-0.15, -0.1) is 0 Å². The molecule has 1 aromatic carbocycles. The number of nitrogens with zero attached hydrogens (tertiary/aromatic N) is 2. The van der Waals surface area contributed by atoms with E-state index in [9.17, 15) is 9.59 Å². The third kappa shape index (κ3) is 2.65. The molecule has 2 heterocycles. The van der Waals surface area contributed by atoms with Crippen LogP contribution >= 0.6 is 11.8 Å². The Bertz CT molecular complexity index is 1010. The number of hydrogen-bond acceptors (Lipinski definition) is 5. The maximum atomic E-state index is 13.4. The lowest BCUT2D eigenvalue weighted by molar-refractivity contribution is -0.142. The maximum absolute atomic E-state index is 13.4. The van der Waals surface area contributed by atoms with Crippen LogP contribution in [0, 0.1) is 0 Å². The summed E-state index contributed by atoms with van der Waals surface area (Å²) in [5, 5.41) is 0.249. The van der Waals surface area contributed by atoms with E-state index >= 15 is 0 Å². The van der Waals surface area contributed by atoms with E-state index in [1.165, 1.54) is 36.6 Å². The van der Waals surface area contributed by atoms with Gasteiger partial charge < -0.3 is 4.74 Å². The summed E-state index contributed by atoms with van der Waals surface area (Å²) in [4.78, 5) is 30.5. The van der Waals surface area contributed by atoms with Crippen LogP contribution in [0.1, 0.15) is 50.2 Å². The molecule has 1 aromatic heterocycles. The minimum absolute atomic E-state index is 0.0266. The van der Waals surface area contributed by atoms with Crippen molar-refractivity contribution in [2.45, 2.75) is 67.8 Å². The van der Waals surface area contributed by atoms with Gasteiger partial charge in [0.25, 0.3) is 5.56 Å². The van der Waals surface area contributed by atoms with Crippen molar-refractivity contribution >= 4 is 17.7 Å². The van der Waals surface area contributed by atoms with Crippen molar-refractivity contribution in [1.82, 2.24) is 9.55 Å². The van der Waals surface area contributed by atoms with Gasteiger partial charge in [0, 0.05) is 16.5 Å². The molecule has 0 saturated heterocycles. The first-order chi connectivity index (χ1) is 13.6. The number of esters is 1. The molecule has 28 heavy (non-hydrogen) atoms. The lowest BCUT2D eigenvalue weighted by Crippen LogP contribution is -2.39. The van der Waals surface area contributed by atoms with E-state index in [0.717, 1.165) is 36.1 Å². The van der Waals surface area contributed by atoms with Crippen molar-refractivity contribution < 1.29 is 9.53 Å². The number of carbonyl (C=O) groups excluding carboxylic acids is 1. The molecule has 0 N–H and O–H groups in total. The SMILES string of the molecule is CCOC(=O)C1Cn2c(nc3c(c2=O)CC2(CCCCC2)c2ccccc2-3)S1. The Balaban J connectivity index is 1.63. The molecule has 1 fully saturated rings. The second-order valence-electron chi connectivity index (χ2n) is 8.06. The van der Waals surface area contributed by atoms with Crippen molar-refractivity contribution in [3.8, 4) is 11.3 Å². The van der Waals surface area contributed by atoms with Gasteiger partial charge in [0.15, 0.2) is 5.16 Å². The monoisotopic (exact) mass is 396 g/mol. The summed E-state index contributed by atoms with van der Waals surface area (Å²) in [5.74, 6) is -0.264. The molecule has 1 aliphatic heterocycles. The van der Waals surface area contributed by atoms with Crippen LogP contribution in [-0.2, 0) is 27.9 Å². The van der Waals surface area contributed by atoms with Crippen molar-refractivity contribution in [3.05, 3.63) is 45.7 Å². The molecule has 5 nitrogen and oxygen atoms in total. The third-order valence-corrected chi connectivity index (χ3v) is 7.60. The van der Waals surface area contributed by atoms with Gasteiger partial charge in [-0.3, -0.25) is 14.2 Å². The Morgan fingerprint density at radius 2 is 2.07 bits per heavy atom. The molecule has 146 valence electrons. The first-order valence-corrected chi connectivity index (χ1v) is 11.1. The van der Waals surface area contributed by atoms with Crippen molar-refractivity contribution in [2.75, 3.05) is 6.61 Å². The zero-order valence-corrected chi connectivity index (χ0v) is 16.9. The normalized spacial score (nSPS) is 21.7. The van der Waals surface area contributed by atoms with Crippen LogP contribution in [0.5, 0.6) is 0 Å². The Kier molecular flexibility index (Phi) is 4.34. The third-order valence-electron chi connectivity index (χ3n) is 6.45. The summed E-state index contributed by atoms with van der Waals surface area (Å²) in [7, 11) is 0. The predicted molar refractivity (Wildman–Crippen MR) is 109 cm³/mol. The van der Waals surface area contributed by atoms with Crippen molar-refractivity contribution in [2.24, 2.45) is 0 Å². The molecule has 1 atom stereocenters. The number of carbonyl (C=O) groups is 1. The van der Waals surface area contributed by atoms with Gasteiger partial charge in [-0.05, 0) is 31.7 Å². The molecule has 0 bridgehead atoms. The maximum Gasteiger partial charge on any atom is 0.321 e. The highest BCUT2D eigenvalue weighted by Gasteiger charge is 2.43. The van der Waals surface area contributed by atoms with E-state index in [1.54, 1.807) is 11.5 Å². The van der Waals surface area contributed by atoms with Gasteiger partial charge in [0.05, 0.1) is 18.8 Å². The molecule has 3 aliphatic rings. The topological polar surface area (TPSA) is 61.2 Å². The zero-order valence-electron chi connectivity index (χ0n) is 16.1. The Morgan fingerprint density at radius 1 is 1.29 bits per heavy atom. The summed E-state index contributed by atoms with van der Waals surface area (Å²) in [5.41, 5.74) is 4.19. The largest absolute Gasteiger partial charge is 0.465 e. The van der Waals surface area contributed by atoms with Crippen LogP contribution in [0.25, 0.3) is 11.3 Å². The molecule has 5 rings (SSSR count). The second-order valence-corrected chi connectivity index (χ2v) is 9.23. The predicted octanol–water partition coefficient (Wildman–Crippen LogP) is 3.71. The van der Waals surface area contributed by atoms with E-state index in [-0.39, 0.29) is 22.2 Å². The first kappa shape index (κ1) is 18.0. The van der Waals surface area contributed by atoms with Crippen LogP contribution in [0.15, 0.2) is 34.2 Å². The van der Waals surface area contributed by atoms with Crippen LogP contribution in [0.4, 0.5) is 0 Å². The number of aromatic nitrogens is 2. The minimum atomic E-state index is -0.386. The molecule has 0 radical (unpaired) electrons. The van der Waals surface area contributed by atoms with Crippen LogP contribution in [0.3, 0.4) is 0 Å². The number of benzene rings is 1. The molecule has 2 aliphatic carbocycles. The standard InChI is InChI=1S/C22H24N2O3S/c1-2-27-20(26)17-13-24-19(25)15-12-22(10-6-3-7-11-22)16-9-5-4-8-14(16)18(15)23-21(24)28-17/h4-5,8-9,17H,2-3,6-7,10-13H2,1H3. The summed E-state index contributed by atoms with van der Waals surface area (Å²) in [6.45, 7) is 2.50. The fraction of sp³-hybridized carbons (Fsp3) is 0.500. The Morgan fingerprint density at radius 3 is 2.86 bits per heavy atom. The first-order valence-electron chi connectivity index (χ1n) is 10.2. The van der Waals surface area contributed by atoms with E-state index in [1.807, 2.05) is 6.07 Å². The van der Waals surface area contributed by atoms with Gasteiger partial charge >= 0.3 is 5.97 Å². The van der Waals surface area contributed by atoms with E-state index in [2.05, 4.69) is 18.2 Å². The molecular formula is C22H24N2O3S. The molecule has 1 spiro atoms. The van der Waals surface area contributed by atoms with Crippen LogP contribution in [-0.4, -0.2) is 27.4 Å². The van der Waals surface area contributed by atoms with Crippen molar-refractivity contribution in [1.29, 1.82) is 0 Å². The second kappa shape index (κ2) is 6.76. The zero-order chi connectivity index (χ0) is 19.3. The molecule has 1 unspecified atom stereocenters. The quantitative estimate of drug-likeness (QED) is 0.572. The number of rotatable bonds is 2. The molecule has 0 amide bonds. The Hall–Kier alpha value is -2.08. The van der Waals surface area contributed by atoms with Gasteiger partial charge in [0.1, 0.15) is 5.25 Å². The lowest BCUT2D eigenvalue weighted by Gasteiger charge is -2.42. The Labute approximate surface area is 168 Å². The van der Waals surface area contributed by atoms with E-state index < -0.39 is 0 Å². The van der Waals surface area contributed by atoms with Crippen LogP contribution < -0.4 is 5.56 Å². The summed E-state index contributed by atoms with van der Waals surface area (Å²) in [6, 6.07) is 8.47. The average molecular weight is 397 g/mol. The molecule has 6 heteroatoms. The lowest BCUT2D eigenvalue weighted by atomic mass is 9.62. The fourth-order valence-electron chi connectivity index (χ4n) is 5.16. The van der Waals surface area contributed by atoms with E-state index in [4.69, 9.17) is 9.72 Å². The highest BCUT2D eigenvalue weighted by atomic mass is 32.2. The van der Waals surface area contributed by atoms with Gasteiger partial charge in [-0.1, -0.05) is 55.3 Å². The molecule has 2 aromatic rings. The van der Waals surface area contributed by atoms with E-state index in [0.29, 0.717) is 18.3 Å². The average Bonchev–Trinajstić information content (AvgIpc) is 3.15.